The maximum atomic E-state index is 14.0. The highest BCUT2D eigenvalue weighted by molar-refractivity contribution is 6.46. The first-order chi connectivity index (χ1) is 15.6. The normalized spacial score (nSPS) is 17.8. The molecule has 0 radical (unpaired) electrons. The summed E-state index contributed by atoms with van der Waals surface area (Å²) in [6.07, 6.45) is -0.154. The van der Waals surface area contributed by atoms with Crippen LogP contribution in [0.1, 0.15) is 31.0 Å². The molecule has 1 aliphatic rings. The average molecular weight is 457 g/mol. The lowest BCUT2D eigenvalue weighted by Crippen LogP contribution is -2.35. The van der Waals surface area contributed by atoms with E-state index < -0.39 is 29.3 Å². The second kappa shape index (κ2) is 10.0. The Morgan fingerprint density at radius 1 is 1.15 bits per heavy atom. The van der Waals surface area contributed by atoms with Crippen LogP contribution in [0, 0.1) is 5.82 Å². The van der Waals surface area contributed by atoms with E-state index in [4.69, 9.17) is 9.47 Å². The van der Waals surface area contributed by atoms with Gasteiger partial charge in [0.15, 0.2) is 0 Å². The van der Waals surface area contributed by atoms with Crippen LogP contribution in [0.25, 0.3) is 5.76 Å². The molecule has 7 nitrogen and oxygen atoms in total. The van der Waals surface area contributed by atoms with Crippen molar-refractivity contribution in [3.8, 4) is 11.5 Å². The van der Waals surface area contributed by atoms with Crippen LogP contribution >= 0.6 is 0 Å². The molecular formula is C25H29FN2O5. The minimum absolute atomic E-state index is 0.00429. The zero-order chi connectivity index (χ0) is 24.3. The number of aliphatic hydroxyl groups excluding tert-OH is 1. The maximum absolute atomic E-state index is 14.0. The van der Waals surface area contributed by atoms with Gasteiger partial charge in [-0.2, -0.15) is 0 Å². The van der Waals surface area contributed by atoms with E-state index in [2.05, 4.69) is 0 Å². The average Bonchev–Trinajstić information content (AvgIpc) is 3.01. The van der Waals surface area contributed by atoms with Gasteiger partial charge in [0, 0.05) is 18.7 Å². The highest BCUT2D eigenvalue weighted by Crippen LogP contribution is 2.43. The van der Waals surface area contributed by atoms with Gasteiger partial charge in [-0.05, 0) is 52.2 Å². The number of likely N-dealkylation sites (N-methyl/N-ethyl adjacent to an activating group) is 1. The molecule has 8 heteroatoms. The Hall–Kier alpha value is -3.39. The number of ether oxygens (including phenoxy) is 2. The number of Topliss-reactive ketones (excluding diaryl/α,β-unsaturated/α-hetero) is 1. The van der Waals surface area contributed by atoms with E-state index in [0.29, 0.717) is 17.9 Å². The summed E-state index contributed by atoms with van der Waals surface area (Å²) in [5.41, 5.74) is 0.416. The van der Waals surface area contributed by atoms with Crippen LogP contribution in [0.3, 0.4) is 0 Å². The third-order valence-electron chi connectivity index (χ3n) is 5.32. The molecule has 3 rings (SSSR count). The lowest BCUT2D eigenvalue weighted by molar-refractivity contribution is -0.140. The molecular weight excluding hydrogens is 427 g/mol. The Labute approximate surface area is 193 Å². The molecule has 1 heterocycles. The number of hydrogen-bond donors (Lipinski definition) is 1. The van der Waals surface area contributed by atoms with E-state index >= 15 is 0 Å². The summed E-state index contributed by atoms with van der Waals surface area (Å²) in [5.74, 6) is -2.02. The fourth-order valence-electron chi connectivity index (χ4n) is 3.82. The molecule has 2 aromatic rings. The number of amides is 1. The number of carbonyl (C=O) groups is 2. The lowest BCUT2D eigenvalue weighted by Gasteiger charge is -2.28. The van der Waals surface area contributed by atoms with E-state index in [9.17, 15) is 19.1 Å². The second-order valence-electron chi connectivity index (χ2n) is 8.34. The van der Waals surface area contributed by atoms with Gasteiger partial charge in [0.05, 0.1) is 30.4 Å². The quantitative estimate of drug-likeness (QED) is 0.372. The first kappa shape index (κ1) is 24.3. The van der Waals surface area contributed by atoms with Gasteiger partial charge in [-0.15, -0.1) is 0 Å². The number of para-hydroxylation sites is 1. The highest BCUT2D eigenvalue weighted by atomic mass is 19.1. The van der Waals surface area contributed by atoms with E-state index in [1.165, 1.54) is 24.1 Å². The highest BCUT2D eigenvalue weighted by Gasteiger charge is 2.47. The number of rotatable bonds is 8. The molecule has 1 N–H and O–H groups in total. The lowest BCUT2D eigenvalue weighted by atomic mass is 9.94. The Morgan fingerprint density at radius 2 is 1.85 bits per heavy atom. The van der Waals surface area contributed by atoms with Crippen molar-refractivity contribution in [2.75, 3.05) is 34.3 Å². The van der Waals surface area contributed by atoms with Crippen LogP contribution in [0.15, 0.2) is 48.0 Å². The molecule has 0 aromatic heterocycles. The number of carbonyl (C=O) groups excluding carboxylic acids is 2. The number of halogens is 1. The molecule has 1 amide bonds. The van der Waals surface area contributed by atoms with Gasteiger partial charge >= 0.3 is 0 Å². The van der Waals surface area contributed by atoms with Crippen LogP contribution in [0.4, 0.5) is 4.39 Å². The number of methoxy groups -OCH3 is 1. The molecule has 1 atom stereocenters. The summed E-state index contributed by atoms with van der Waals surface area (Å²) in [6.45, 7) is 4.49. The SMILES string of the molecule is COc1ccc(F)cc1/C(O)=C1\C(=O)C(=O)N(CCN(C)C)C1c1ccccc1OC(C)C. The molecule has 1 aliphatic heterocycles. The number of benzene rings is 2. The molecule has 33 heavy (non-hydrogen) atoms. The zero-order valence-corrected chi connectivity index (χ0v) is 19.5. The number of nitrogens with zero attached hydrogens (tertiary/aromatic N) is 2. The molecule has 2 aromatic carbocycles. The van der Waals surface area contributed by atoms with Crippen molar-refractivity contribution < 1.29 is 28.6 Å². The fourth-order valence-corrected chi connectivity index (χ4v) is 3.82. The second-order valence-corrected chi connectivity index (χ2v) is 8.34. The number of ketones is 1. The topological polar surface area (TPSA) is 79.3 Å². The maximum Gasteiger partial charge on any atom is 0.295 e. The Morgan fingerprint density at radius 3 is 2.48 bits per heavy atom. The van der Waals surface area contributed by atoms with E-state index in [0.717, 1.165) is 6.07 Å². The molecule has 176 valence electrons. The minimum atomic E-state index is -0.909. The van der Waals surface area contributed by atoms with Gasteiger partial charge in [-0.3, -0.25) is 9.59 Å². The van der Waals surface area contributed by atoms with Crippen molar-refractivity contribution in [2.24, 2.45) is 0 Å². The molecule has 0 spiro atoms. The smallest absolute Gasteiger partial charge is 0.295 e. The summed E-state index contributed by atoms with van der Waals surface area (Å²) >= 11 is 0. The number of hydrogen-bond acceptors (Lipinski definition) is 6. The van der Waals surface area contributed by atoms with E-state index in [1.54, 1.807) is 24.3 Å². The van der Waals surface area contributed by atoms with Gasteiger partial charge in [-0.25, -0.2) is 4.39 Å². The first-order valence-electron chi connectivity index (χ1n) is 10.7. The molecule has 1 fully saturated rings. The summed E-state index contributed by atoms with van der Waals surface area (Å²) in [6, 6.07) is 9.80. The summed E-state index contributed by atoms with van der Waals surface area (Å²) in [7, 11) is 5.10. The number of likely N-dealkylation sites (tertiary alicyclic amines) is 1. The van der Waals surface area contributed by atoms with Gasteiger partial charge < -0.3 is 24.4 Å². The summed E-state index contributed by atoms with van der Waals surface area (Å²) in [4.78, 5) is 29.6. The Kier molecular flexibility index (Phi) is 7.38. The van der Waals surface area contributed by atoms with Crippen molar-refractivity contribution in [1.29, 1.82) is 0 Å². The Bertz CT molecular complexity index is 1080. The number of aliphatic hydroxyl groups is 1. The Balaban J connectivity index is 2.26. The largest absolute Gasteiger partial charge is 0.507 e. The zero-order valence-electron chi connectivity index (χ0n) is 19.5. The summed E-state index contributed by atoms with van der Waals surface area (Å²) in [5, 5.41) is 11.2. The van der Waals surface area contributed by atoms with Gasteiger partial charge in [0.25, 0.3) is 11.7 Å². The minimum Gasteiger partial charge on any atom is -0.507 e. The van der Waals surface area contributed by atoms with Crippen LogP contribution in [-0.4, -0.2) is 67.0 Å². The molecule has 0 aliphatic carbocycles. The molecule has 1 unspecified atom stereocenters. The first-order valence-corrected chi connectivity index (χ1v) is 10.7. The molecule has 0 saturated carbocycles. The van der Waals surface area contributed by atoms with Crippen LogP contribution < -0.4 is 9.47 Å². The molecule has 1 saturated heterocycles. The van der Waals surface area contributed by atoms with Crippen molar-refractivity contribution in [3.63, 3.8) is 0 Å². The van der Waals surface area contributed by atoms with E-state index in [-0.39, 0.29) is 29.5 Å². The predicted molar refractivity (Wildman–Crippen MR) is 123 cm³/mol. The predicted octanol–water partition coefficient (Wildman–Crippen LogP) is 3.60. The fraction of sp³-hybridized carbons (Fsp3) is 0.360. The standard InChI is InChI=1S/C25H29FN2O5/c1-15(2)33-20-9-7-6-8-17(20)22-21(24(30)25(31)28(22)13-12-27(3)4)23(29)18-14-16(26)10-11-19(18)32-5/h6-11,14-15,22,29H,12-13H2,1-5H3/b23-21+. The monoisotopic (exact) mass is 456 g/mol. The van der Waals surface area contributed by atoms with Crippen LogP contribution in [0.2, 0.25) is 0 Å². The summed E-state index contributed by atoms with van der Waals surface area (Å²) < 4.78 is 25.3. The van der Waals surface area contributed by atoms with Crippen LogP contribution in [0.5, 0.6) is 11.5 Å². The van der Waals surface area contributed by atoms with Crippen molar-refractivity contribution in [1.82, 2.24) is 9.80 Å². The molecule has 0 bridgehead atoms. The van der Waals surface area contributed by atoms with Crippen molar-refractivity contribution in [2.45, 2.75) is 26.0 Å². The third-order valence-corrected chi connectivity index (χ3v) is 5.32. The van der Waals surface area contributed by atoms with Gasteiger partial charge in [-0.1, -0.05) is 18.2 Å². The van der Waals surface area contributed by atoms with Gasteiger partial charge in [0.2, 0.25) is 0 Å². The third kappa shape index (κ3) is 5.01. The van der Waals surface area contributed by atoms with Crippen molar-refractivity contribution >= 4 is 17.4 Å². The van der Waals surface area contributed by atoms with E-state index in [1.807, 2.05) is 32.8 Å². The van der Waals surface area contributed by atoms with Gasteiger partial charge in [0.1, 0.15) is 23.1 Å². The van der Waals surface area contributed by atoms with Crippen LogP contribution in [-0.2, 0) is 9.59 Å². The van der Waals surface area contributed by atoms with Crippen molar-refractivity contribution in [3.05, 3.63) is 65.0 Å².